The van der Waals surface area contributed by atoms with Gasteiger partial charge in [0.1, 0.15) is 5.82 Å². The van der Waals surface area contributed by atoms with E-state index in [4.69, 9.17) is 9.47 Å². The summed E-state index contributed by atoms with van der Waals surface area (Å²) >= 11 is 0. The Morgan fingerprint density at radius 1 is 1.42 bits per heavy atom. The zero-order valence-corrected chi connectivity index (χ0v) is 11.8. The van der Waals surface area contributed by atoms with Crippen LogP contribution in [0.3, 0.4) is 0 Å². The molecule has 0 spiro atoms. The van der Waals surface area contributed by atoms with Crippen LogP contribution < -0.4 is 5.32 Å². The Bertz CT molecular complexity index is 377. The lowest BCUT2D eigenvalue weighted by molar-refractivity contribution is 0.0526. The topological polar surface area (TPSA) is 60.5 Å². The molecular formula is C14H22N2O3. The van der Waals surface area contributed by atoms with Crippen LogP contribution >= 0.6 is 0 Å². The van der Waals surface area contributed by atoms with Crippen molar-refractivity contribution in [3.05, 3.63) is 23.9 Å². The molecule has 1 heterocycles. The first-order chi connectivity index (χ1) is 9.13. The number of pyridine rings is 1. The summed E-state index contributed by atoms with van der Waals surface area (Å²) in [6, 6.07) is 3.46. The van der Waals surface area contributed by atoms with Crippen molar-refractivity contribution in [3.8, 4) is 0 Å². The number of aromatic nitrogens is 1. The molecule has 1 aromatic rings. The van der Waals surface area contributed by atoms with Crippen LogP contribution in [0.25, 0.3) is 0 Å². The summed E-state index contributed by atoms with van der Waals surface area (Å²) in [5.74, 6) is 0.921. The Morgan fingerprint density at radius 2 is 2.21 bits per heavy atom. The fourth-order valence-electron chi connectivity index (χ4n) is 1.40. The fourth-order valence-corrected chi connectivity index (χ4v) is 1.40. The van der Waals surface area contributed by atoms with Crippen molar-refractivity contribution >= 4 is 11.8 Å². The molecule has 0 atom stereocenters. The van der Waals surface area contributed by atoms with Gasteiger partial charge in [-0.2, -0.15) is 0 Å². The lowest BCUT2D eigenvalue weighted by Crippen LogP contribution is -2.13. The maximum absolute atomic E-state index is 11.4. The van der Waals surface area contributed by atoms with Gasteiger partial charge >= 0.3 is 5.97 Å². The van der Waals surface area contributed by atoms with E-state index in [0.29, 0.717) is 31.2 Å². The van der Waals surface area contributed by atoms with E-state index < -0.39 is 0 Å². The van der Waals surface area contributed by atoms with Crippen LogP contribution in [0, 0.1) is 5.92 Å². The third kappa shape index (κ3) is 6.20. The normalized spacial score (nSPS) is 10.5. The Morgan fingerprint density at radius 3 is 2.79 bits per heavy atom. The highest BCUT2D eigenvalue weighted by molar-refractivity contribution is 5.89. The van der Waals surface area contributed by atoms with Gasteiger partial charge in [-0.05, 0) is 25.0 Å². The van der Waals surface area contributed by atoms with E-state index in [2.05, 4.69) is 24.1 Å². The van der Waals surface area contributed by atoms with Gasteiger partial charge in [0.2, 0.25) is 0 Å². The molecule has 0 aliphatic heterocycles. The summed E-state index contributed by atoms with van der Waals surface area (Å²) in [4.78, 5) is 15.6. The minimum Gasteiger partial charge on any atom is -0.462 e. The molecule has 0 unspecified atom stereocenters. The van der Waals surface area contributed by atoms with Gasteiger partial charge in [-0.3, -0.25) is 0 Å². The van der Waals surface area contributed by atoms with Crippen molar-refractivity contribution in [2.75, 3.05) is 31.7 Å². The van der Waals surface area contributed by atoms with Crippen molar-refractivity contribution < 1.29 is 14.3 Å². The summed E-state index contributed by atoms with van der Waals surface area (Å²) < 4.78 is 10.3. The van der Waals surface area contributed by atoms with Gasteiger partial charge in [0.05, 0.1) is 18.8 Å². The SMILES string of the molecule is CCOC(=O)c1ccc(NCCOCC(C)C)nc1. The van der Waals surface area contributed by atoms with E-state index in [1.165, 1.54) is 6.20 Å². The molecule has 5 nitrogen and oxygen atoms in total. The summed E-state index contributed by atoms with van der Waals surface area (Å²) in [5.41, 5.74) is 0.462. The van der Waals surface area contributed by atoms with Crippen LogP contribution in [0.1, 0.15) is 31.1 Å². The molecule has 19 heavy (non-hydrogen) atoms. The average Bonchev–Trinajstić information content (AvgIpc) is 2.39. The molecule has 0 saturated carbocycles. The molecule has 0 radical (unpaired) electrons. The van der Waals surface area contributed by atoms with Crippen LogP contribution in [0.4, 0.5) is 5.82 Å². The molecule has 0 saturated heterocycles. The van der Waals surface area contributed by atoms with E-state index in [1.807, 2.05) is 0 Å². The second-order valence-corrected chi connectivity index (χ2v) is 4.55. The monoisotopic (exact) mass is 266 g/mol. The number of nitrogens with one attached hydrogen (secondary N) is 1. The van der Waals surface area contributed by atoms with E-state index in [-0.39, 0.29) is 5.97 Å². The molecule has 5 heteroatoms. The Kier molecular flexibility index (Phi) is 6.89. The lowest BCUT2D eigenvalue weighted by atomic mass is 10.2. The number of esters is 1. The van der Waals surface area contributed by atoms with Crippen LogP contribution in [0.15, 0.2) is 18.3 Å². The third-order valence-corrected chi connectivity index (χ3v) is 2.28. The Hall–Kier alpha value is -1.62. The van der Waals surface area contributed by atoms with E-state index in [1.54, 1.807) is 19.1 Å². The Labute approximate surface area is 114 Å². The van der Waals surface area contributed by atoms with Gasteiger partial charge in [-0.1, -0.05) is 13.8 Å². The fraction of sp³-hybridized carbons (Fsp3) is 0.571. The molecule has 1 N–H and O–H groups in total. The van der Waals surface area contributed by atoms with Crippen LogP contribution in [-0.2, 0) is 9.47 Å². The zero-order chi connectivity index (χ0) is 14.1. The molecule has 0 bridgehead atoms. The first-order valence-corrected chi connectivity index (χ1v) is 6.58. The van der Waals surface area contributed by atoms with E-state index >= 15 is 0 Å². The second-order valence-electron chi connectivity index (χ2n) is 4.55. The molecule has 0 aliphatic rings. The van der Waals surface area contributed by atoms with Crippen molar-refractivity contribution in [2.45, 2.75) is 20.8 Å². The number of hydrogen-bond acceptors (Lipinski definition) is 5. The van der Waals surface area contributed by atoms with Crippen molar-refractivity contribution in [1.82, 2.24) is 4.98 Å². The number of carbonyl (C=O) groups is 1. The number of anilines is 1. The summed E-state index contributed by atoms with van der Waals surface area (Å²) in [6.07, 6.45) is 1.51. The Balaban J connectivity index is 2.30. The molecule has 1 aromatic heterocycles. The number of ether oxygens (including phenoxy) is 2. The number of hydrogen-bond donors (Lipinski definition) is 1. The standard InChI is InChI=1S/C14H22N2O3/c1-4-19-14(17)12-5-6-13(16-9-12)15-7-8-18-10-11(2)3/h5-6,9,11H,4,7-8,10H2,1-3H3,(H,15,16). The minimum atomic E-state index is -0.346. The van der Waals surface area contributed by atoms with Gasteiger partial charge in [0, 0.05) is 19.3 Å². The van der Waals surface area contributed by atoms with Crippen LogP contribution in [0.2, 0.25) is 0 Å². The summed E-state index contributed by atoms with van der Waals surface area (Å²) in [6.45, 7) is 8.46. The smallest absolute Gasteiger partial charge is 0.339 e. The maximum atomic E-state index is 11.4. The molecule has 1 rings (SSSR count). The second kappa shape index (κ2) is 8.48. The highest BCUT2D eigenvalue weighted by Crippen LogP contribution is 2.06. The van der Waals surface area contributed by atoms with E-state index in [9.17, 15) is 4.79 Å². The number of rotatable bonds is 8. The average molecular weight is 266 g/mol. The first-order valence-electron chi connectivity index (χ1n) is 6.58. The third-order valence-electron chi connectivity index (χ3n) is 2.28. The largest absolute Gasteiger partial charge is 0.462 e. The van der Waals surface area contributed by atoms with Gasteiger partial charge in [-0.15, -0.1) is 0 Å². The molecular weight excluding hydrogens is 244 g/mol. The molecule has 0 aromatic carbocycles. The predicted molar refractivity (Wildman–Crippen MR) is 74.3 cm³/mol. The maximum Gasteiger partial charge on any atom is 0.339 e. The van der Waals surface area contributed by atoms with Crippen molar-refractivity contribution in [3.63, 3.8) is 0 Å². The van der Waals surface area contributed by atoms with Crippen molar-refractivity contribution in [1.29, 1.82) is 0 Å². The predicted octanol–water partition coefficient (Wildman–Crippen LogP) is 2.34. The molecule has 0 amide bonds. The highest BCUT2D eigenvalue weighted by Gasteiger charge is 2.06. The molecule has 0 fully saturated rings. The number of nitrogens with zero attached hydrogens (tertiary/aromatic N) is 1. The minimum absolute atomic E-state index is 0.346. The van der Waals surface area contributed by atoms with Gasteiger partial charge in [0.15, 0.2) is 0 Å². The van der Waals surface area contributed by atoms with Gasteiger partial charge in [0.25, 0.3) is 0 Å². The van der Waals surface area contributed by atoms with Gasteiger partial charge in [-0.25, -0.2) is 9.78 Å². The summed E-state index contributed by atoms with van der Waals surface area (Å²) in [5, 5.41) is 3.13. The highest BCUT2D eigenvalue weighted by atomic mass is 16.5. The lowest BCUT2D eigenvalue weighted by Gasteiger charge is -2.08. The molecule has 106 valence electrons. The van der Waals surface area contributed by atoms with Gasteiger partial charge < -0.3 is 14.8 Å². The van der Waals surface area contributed by atoms with Crippen LogP contribution in [-0.4, -0.2) is 37.3 Å². The quantitative estimate of drug-likeness (QED) is 0.578. The first kappa shape index (κ1) is 15.4. The van der Waals surface area contributed by atoms with Crippen molar-refractivity contribution in [2.24, 2.45) is 5.92 Å². The molecule has 0 aliphatic carbocycles. The summed E-state index contributed by atoms with van der Waals surface area (Å²) in [7, 11) is 0. The zero-order valence-electron chi connectivity index (χ0n) is 11.8. The van der Waals surface area contributed by atoms with E-state index in [0.717, 1.165) is 12.4 Å². The number of carbonyl (C=O) groups excluding carboxylic acids is 1. The van der Waals surface area contributed by atoms with Crippen LogP contribution in [0.5, 0.6) is 0 Å².